The van der Waals surface area contributed by atoms with E-state index in [0.717, 1.165) is 26.1 Å². The number of nitrogens with zero attached hydrogens (tertiary/aromatic N) is 3. The van der Waals surface area contributed by atoms with E-state index in [1.54, 1.807) is 0 Å². The smallest absolute Gasteiger partial charge is 0.126 e. The number of aryl methyl sites for hydroxylation is 1. The Morgan fingerprint density at radius 1 is 1.69 bits per heavy atom. The molecule has 1 unspecified atom stereocenters. The third kappa shape index (κ3) is 1.54. The van der Waals surface area contributed by atoms with Gasteiger partial charge in [-0.25, -0.2) is 0 Å². The lowest BCUT2D eigenvalue weighted by molar-refractivity contribution is 0.646. The molecule has 2 N–H and O–H groups in total. The Kier molecular flexibility index (Phi) is 2.22. The molecular formula is C9H16N4. The van der Waals surface area contributed by atoms with E-state index in [-0.39, 0.29) is 0 Å². The second-order valence-electron chi connectivity index (χ2n) is 3.50. The van der Waals surface area contributed by atoms with Crippen LogP contribution in [0.5, 0.6) is 0 Å². The first-order chi connectivity index (χ1) is 6.31. The molecule has 72 valence electrons. The fraction of sp³-hybridized carbons (Fsp3) is 0.667. The lowest BCUT2D eigenvalue weighted by atomic mass is 10.3. The van der Waals surface area contributed by atoms with Crippen LogP contribution in [0.4, 0.5) is 5.82 Å². The van der Waals surface area contributed by atoms with Gasteiger partial charge in [-0.2, -0.15) is 5.10 Å². The van der Waals surface area contributed by atoms with Crippen molar-refractivity contribution in [2.75, 3.05) is 18.0 Å². The molecule has 0 radical (unpaired) electrons. The summed E-state index contributed by atoms with van der Waals surface area (Å²) in [6.07, 6.45) is 2.94. The minimum absolute atomic E-state index is 0.334. The van der Waals surface area contributed by atoms with Gasteiger partial charge >= 0.3 is 0 Å². The Morgan fingerprint density at radius 3 is 3.15 bits per heavy atom. The van der Waals surface area contributed by atoms with Gasteiger partial charge in [-0.1, -0.05) is 0 Å². The van der Waals surface area contributed by atoms with E-state index < -0.39 is 0 Å². The normalized spacial score (nSPS) is 22.6. The average molecular weight is 180 g/mol. The largest absolute Gasteiger partial charge is 0.355 e. The molecule has 0 saturated carbocycles. The first-order valence-corrected chi connectivity index (χ1v) is 4.83. The average Bonchev–Trinajstić information content (AvgIpc) is 2.71. The summed E-state index contributed by atoms with van der Waals surface area (Å²) in [6.45, 7) is 5.05. The van der Waals surface area contributed by atoms with Gasteiger partial charge in [0.15, 0.2) is 0 Å². The second-order valence-corrected chi connectivity index (χ2v) is 3.50. The van der Waals surface area contributed by atoms with E-state index >= 15 is 0 Å². The zero-order chi connectivity index (χ0) is 9.26. The predicted octanol–water partition coefficient (Wildman–Crippen LogP) is 0.440. The van der Waals surface area contributed by atoms with Crippen molar-refractivity contribution >= 4 is 5.82 Å². The first-order valence-electron chi connectivity index (χ1n) is 4.83. The highest BCUT2D eigenvalue weighted by Crippen LogP contribution is 2.18. The molecule has 1 aromatic rings. The molecule has 0 aromatic carbocycles. The van der Waals surface area contributed by atoms with Crippen molar-refractivity contribution in [3.8, 4) is 0 Å². The highest BCUT2D eigenvalue weighted by atomic mass is 15.4. The molecule has 2 rings (SSSR count). The minimum Gasteiger partial charge on any atom is -0.355 e. The summed E-state index contributed by atoms with van der Waals surface area (Å²) < 4.78 is 2.01. The van der Waals surface area contributed by atoms with E-state index in [4.69, 9.17) is 5.73 Å². The third-order valence-corrected chi connectivity index (χ3v) is 2.54. The van der Waals surface area contributed by atoms with Crippen LogP contribution in [-0.2, 0) is 6.54 Å². The fourth-order valence-electron chi connectivity index (χ4n) is 1.83. The van der Waals surface area contributed by atoms with Crippen molar-refractivity contribution in [3.05, 3.63) is 12.3 Å². The van der Waals surface area contributed by atoms with Crippen LogP contribution in [0.15, 0.2) is 12.3 Å². The molecule has 1 aliphatic heterocycles. The second kappa shape index (κ2) is 3.38. The van der Waals surface area contributed by atoms with Crippen molar-refractivity contribution < 1.29 is 0 Å². The van der Waals surface area contributed by atoms with Crippen LogP contribution in [-0.4, -0.2) is 28.9 Å². The summed E-state index contributed by atoms with van der Waals surface area (Å²) in [6, 6.07) is 2.39. The number of nitrogens with two attached hydrogens (primary N) is 1. The van der Waals surface area contributed by atoms with E-state index in [0.29, 0.717) is 6.04 Å². The van der Waals surface area contributed by atoms with Crippen LogP contribution in [0.25, 0.3) is 0 Å². The molecular weight excluding hydrogens is 164 g/mol. The van der Waals surface area contributed by atoms with Gasteiger partial charge in [0.25, 0.3) is 0 Å². The first kappa shape index (κ1) is 8.56. The minimum atomic E-state index is 0.334. The number of anilines is 1. The Bertz CT molecular complexity index is 281. The standard InChI is InChI=1S/C9H16N4/c1-2-13-9(3-5-11-13)12-6-4-8(10)7-12/h3,5,8H,2,4,6-7,10H2,1H3. The number of rotatable bonds is 2. The Balaban J connectivity index is 2.16. The molecule has 0 bridgehead atoms. The topological polar surface area (TPSA) is 47.1 Å². The van der Waals surface area contributed by atoms with Crippen LogP contribution in [0.1, 0.15) is 13.3 Å². The predicted molar refractivity (Wildman–Crippen MR) is 52.7 cm³/mol. The molecule has 4 heteroatoms. The Labute approximate surface area is 78.3 Å². The van der Waals surface area contributed by atoms with Gasteiger partial charge in [-0.15, -0.1) is 0 Å². The van der Waals surface area contributed by atoms with Crippen molar-refractivity contribution in [2.24, 2.45) is 5.73 Å². The quantitative estimate of drug-likeness (QED) is 0.718. The third-order valence-electron chi connectivity index (χ3n) is 2.54. The SMILES string of the molecule is CCn1nccc1N1CCC(N)C1. The van der Waals surface area contributed by atoms with Crippen molar-refractivity contribution in [1.29, 1.82) is 0 Å². The molecule has 2 heterocycles. The molecule has 1 saturated heterocycles. The maximum atomic E-state index is 5.85. The molecule has 1 aromatic heterocycles. The number of hydrogen-bond acceptors (Lipinski definition) is 3. The van der Waals surface area contributed by atoms with Gasteiger partial charge in [-0.05, 0) is 13.3 Å². The monoisotopic (exact) mass is 180 g/mol. The van der Waals surface area contributed by atoms with Gasteiger partial charge in [-0.3, -0.25) is 4.68 Å². The van der Waals surface area contributed by atoms with Crippen molar-refractivity contribution in [2.45, 2.75) is 25.9 Å². The molecule has 0 aliphatic carbocycles. The van der Waals surface area contributed by atoms with Crippen LogP contribution >= 0.6 is 0 Å². The summed E-state index contributed by atoms with van der Waals surface area (Å²) in [5.41, 5.74) is 5.85. The maximum absolute atomic E-state index is 5.85. The molecule has 13 heavy (non-hydrogen) atoms. The van der Waals surface area contributed by atoms with Crippen LogP contribution in [0.2, 0.25) is 0 Å². The van der Waals surface area contributed by atoms with E-state index in [9.17, 15) is 0 Å². The van der Waals surface area contributed by atoms with E-state index in [2.05, 4.69) is 23.0 Å². The zero-order valence-corrected chi connectivity index (χ0v) is 7.98. The van der Waals surface area contributed by atoms with Crippen LogP contribution in [0, 0.1) is 0 Å². The molecule has 1 fully saturated rings. The number of hydrogen-bond donors (Lipinski definition) is 1. The van der Waals surface area contributed by atoms with Gasteiger partial charge in [0, 0.05) is 31.7 Å². The maximum Gasteiger partial charge on any atom is 0.126 e. The Morgan fingerprint density at radius 2 is 2.54 bits per heavy atom. The summed E-state index contributed by atoms with van der Waals surface area (Å²) in [4.78, 5) is 2.31. The van der Waals surface area contributed by atoms with Crippen LogP contribution < -0.4 is 10.6 Å². The summed E-state index contributed by atoms with van der Waals surface area (Å²) in [7, 11) is 0. The highest BCUT2D eigenvalue weighted by Gasteiger charge is 2.21. The van der Waals surface area contributed by atoms with Crippen LogP contribution in [0.3, 0.4) is 0 Å². The lowest BCUT2D eigenvalue weighted by Gasteiger charge is -2.18. The van der Waals surface area contributed by atoms with Gasteiger partial charge in [0.1, 0.15) is 5.82 Å². The molecule has 0 amide bonds. The van der Waals surface area contributed by atoms with Gasteiger partial charge < -0.3 is 10.6 Å². The summed E-state index contributed by atoms with van der Waals surface area (Å²) >= 11 is 0. The summed E-state index contributed by atoms with van der Waals surface area (Å²) in [5, 5.41) is 4.24. The Hall–Kier alpha value is -1.03. The van der Waals surface area contributed by atoms with Gasteiger partial charge in [0.05, 0.1) is 6.20 Å². The zero-order valence-electron chi connectivity index (χ0n) is 7.98. The molecule has 0 spiro atoms. The fourth-order valence-corrected chi connectivity index (χ4v) is 1.83. The van der Waals surface area contributed by atoms with Crippen molar-refractivity contribution in [3.63, 3.8) is 0 Å². The van der Waals surface area contributed by atoms with E-state index in [1.165, 1.54) is 5.82 Å². The highest BCUT2D eigenvalue weighted by molar-refractivity contribution is 5.39. The summed E-state index contributed by atoms with van der Waals surface area (Å²) in [5.74, 6) is 1.20. The van der Waals surface area contributed by atoms with Crippen molar-refractivity contribution in [1.82, 2.24) is 9.78 Å². The lowest BCUT2D eigenvalue weighted by Crippen LogP contribution is -2.27. The number of aromatic nitrogens is 2. The molecule has 1 atom stereocenters. The molecule has 1 aliphatic rings. The van der Waals surface area contributed by atoms with E-state index in [1.807, 2.05) is 10.9 Å². The van der Waals surface area contributed by atoms with Gasteiger partial charge in [0.2, 0.25) is 0 Å². The molecule has 4 nitrogen and oxygen atoms in total.